The van der Waals surface area contributed by atoms with Crippen LogP contribution in [0.3, 0.4) is 0 Å². The van der Waals surface area contributed by atoms with Gasteiger partial charge < -0.3 is 15.5 Å². The largest absolute Gasteiger partial charge is 0.508 e. The Bertz CT molecular complexity index is 1040. The van der Waals surface area contributed by atoms with Crippen LogP contribution < -0.4 is 5.32 Å². The SMILES string of the molecule is CC(C(=O)Nc1ccc(O)cc1C(=O)O)N1C(=O)/C(=C\c2ccccc2)SC1=S. The Labute approximate surface area is 176 Å². The number of carboxylic acids is 1. The van der Waals surface area contributed by atoms with Crippen molar-refractivity contribution >= 4 is 57.8 Å². The van der Waals surface area contributed by atoms with Crippen molar-refractivity contribution in [2.24, 2.45) is 0 Å². The number of carbonyl (C=O) groups excluding carboxylic acids is 2. The maximum atomic E-state index is 12.8. The second-order valence-corrected chi connectivity index (χ2v) is 7.84. The van der Waals surface area contributed by atoms with Crippen molar-refractivity contribution < 1.29 is 24.6 Å². The highest BCUT2D eigenvalue weighted by atomic mass is 32.2. The Balaban J connectivity index is 1.80. The first-order valence-corrected chi connectivity index (χ1v) is 9.69. The number of carboxylic acid groups (broad SMARTS) is 1. The molecule has 0 spiro atoms. The number of thioether (sulfide) groups is 1. The van der Waals surface area contributed by atoms with Crippen LogP contribution in [0, 0.1) is 0 Å². The third kappa shape index (κ3) is 4.47. The predicted molar refractivity (Wildman–Crippen MR) is 115 cm³/mol. The number of amides is 2. The number of aromatic carboxylic acids is 1. The van der Waals surface area contributed by atoms with E-state index in [9.17, 15) is 24.6 Å². The van der Waals surface area contributed by atoms with Crippen molar-refractivity contribution in [2.45, 2.75) is 13.0 Å². The zero-order valence-electron chi connectivity index (χ0n) is 15.2. The fraction of sp³-hybridized carbons (Fsp3) is 0.100. The minimum atomic E-state index is -1.31. The first-order chi connectivity index (χ1) is 13.8. The molecule has 1 aliphatic heterocycles. The van der Waals surface area contributed by atoms with Gasteiger partial charge in [-0.05, 0) is 36.8 Å². The quantitative estimate of drug-likeness (QED) is 0.381. The van der Waals surface area contributed by atoms with E-state index in [-0.39, 0.29) is 21.3 Å². The average molecular weight is 428 g/mol. The Morgan fingerprint density at radius 2 is 1.90 bits per heavy atom. The Kier molecular flexibility index (Phi) is 6.00. The molecule has 1 atom stereocenters. The summed E-state index contributed by atoms with van der Waals surface area (Å²) in [6.07, 6.45) is 1.70. The molecule has 1 heterocycles. The van der Waals surface area contributed by atoms with Gasteiger partial charge in [0.05, 0.1) is 16.2 Å². The van der Waals surface area contributed by atoms with Crippen LogP contribution in [0.15, 0.2) is 53.4 Å². The van der Waals surface area contributed by atoms with Gasteiger partial charge in [-0.1, -0.05) is 54.3 Å². The molecule has 1 unspecified atom stereocenters. The van der Waals surface area contributed by atoms with Crippen LogP contribution in [-0.4, -0.2) is 43.3 Å². The van der Waals surface area contributed by atoms with Crippen LogP contribution in [0.2, 0.25) is 0 Å². The third-order valence-corrected chi connectivity index (χ3v) is 5.51. The Hall–Kier alpha value is -3.17. The summed E-state index contributed by atoms with van der Waals surface area (Å²) in [5.41, 5.74) is 0.581. The number of carbonyl (C=O) groups is 3. The number of phenols is 1. The number of hydrogen-bond donors (Lipinski definition) is 3. The van der Waals surface area contributed by atoms with Crippen molar-refractivity contribution in [3.05, 3.63) is 64.6 Å². The molecule has 148 valence electrons. The smallest absolute Gasteiger partial charge is 0.337 e. The summed E-state index contributed by atoms with van der Waals surface area (Å²) >= 11 is 6.38. The lowest BCUT2D eigenvalue weighted by Gasteiger charge is -2.22. The second kappa shape index (κ2) is 8.46. The van der Waals surface area contributed by atoms with E-state index >= 15 is 0 Å². The van der Waals surface area contributed by atoms with Crippen LogP contribution in [0.4, 0.5) is 5.69 Å². The van der Waals surface area contributed by atoms with Gasteiger partial charge in [0.2, 0.25) is 5.91 Å². The lowest BCUT2D eigenvalue weighted by molar-refractivity contribution is -0.129. The summed E-state index contributed by atoms with van der Waals surface area (Å²) < 4.78 is 0.240. The molecule has 2 amide bonds. The molecular formula is C20H16N2O5S2. The first-order valence-electron chi connectivity index (χ1n) is 8.47. The normalized spacial score (nSPS) is 16.2. The van der Waals surface area contributed by atoms with E-state index in [1.54, 1.807) is 6.08 Å². The number of rotatable bonds is 5. The van der Waals surface area contributed by atoms with Crippen molar-refractivity contribution in [2.75, 3.05) is 5.32 Å². The Morgan fingerprint density at radius 1 is 1.21 bits per heavy atom. The molecule has 0 radical (unpaired) electrons. The number of anilines is 1. The molecule has 1 fully saturated rings. The molecular weight excluding hydrogens is 412 g/mol. The maximum Gasteiger partial charge on any atom is 0.337 e. The lowest BCUT2D eigenvalue weighted by atomic mass is 10.1. The van der Waals surface area contributed by atoms with Gasteiger partial charge >= 0.3 is 5.97 Å². The van der Waals surface area contributed by atoms with Crippen molar-refractivity contribution in [3.8, 4) is 5.75 Å². The summed E-state index contributed by atoms with van der Waals surface area (Å²) in [6.45, 7) is 1.51. The Morgan fingerprint density at radius 3 is 2.55 bits per heavy atom. The minimum absolute atomic E-state index is 0.0115. The molecule has 3 rings (SSSR count). The highest BCUT2D eigenvalue weighted by Crippen LogP contribution is 2.34. The van der Waals surface area contributed by atoms with Crippen LogP contribution >= 0.6 is 24.0 Å². The molecule has 1 saturated heterocycles. The summed E-state index contributed by atoms with van der Waals surface area (Å²) in [6, 6.07) is 11.9. The third-order valence-electron chi connectivity index (χ3n) is 4.18. The molecule has 0 aliphatic carbocycles. The molecule has 3 N–H and O–H groups in total. The average Bonchev–Trinajstić information content (AvgIpc) is 2.96. The van der Waals surface area contributed by atoms with Gasteiger partial charge in [-0.15, -0.1) is 0 Å². The minimum Gasteiger partial charge on any atom is -0.508 e. The molecule has 0 saturated carbocycles. The number of aromatic hydroxyl groups is 1. The fourth-order valence-electron chi connectivity index (χ4n) is 2.69. The van der Waals surface area contributed by atoms with E-state index in [4.69, 9.17) is 12.2 Å². The molecule has 2 aromatic carbocycles. The van der Waals surface area contributed by atoms with Gasteiger partial charge in [-0.25, -0.2) is 4.79 Å². The number of nitrogens with one attached hydrogen (secondary N) is 1. The zero-order valence-corrected chi connectivity index (χ0v) is 16.8. The molecule has 1 aliphatic rings. The van der Waals surface area contributed by atoms with E-state index in [0.717, 1.165) is 23.4 Å². The molecule has 0 aromatic heterocycles. The van der Waals surface area contributed by atoms with Gasteiger partial charge in [0.1, 0.15) is 16.1 Å². The van der Waals surface area contributed by atoms with Gasteiger partial charge in [0.15, 0.2) is 0 Å². The van der Waals surface area contributed by atoms with Crippen LogP contribution in [0.5, 0.6) is 5.75 Å². The molecule has 2 aromatic rings. The van der Waals surface area contributed by atoms with Gasteiger partial charge in [0, 0.05) is 0 Å². The summed E-state index contributed by atoms with van der Waals surface area (Å²) in [7, 11) is 0. The number of phenolic OH excluding ortho intramolecular Hbond substituents is 1. The lowest BCUT2D eigenvalue weighted by Crippen LogP contribution is -2.44. The molecule has 29 heavy (non-hydrogen) atoms. The highest BCUT2D eigenvalue weighted by Gasteiger charge is 2.38. The summed E-state index contributed by atoms with van der Waals surface area (Å²) in [5.74, 6) is -2.54. The number of benzene rings is 2. The molecule has 9 heteroatoms. The van der Waals surface area contributed by atoms with Crippen LogP contribution in [-0.2, 0) is 9.59 Å². The van der Waals surface area contributed by atoms with Crippen molar-refractivity contribution in [1.29, 1.82) is 0 Å². The fourth-order valence-corrected chi connectivity index (χ4v) is 4.11. The topological polar surface area (TPSA) is 107 Å². The summed E-state index contributed by atoms with van der Waals surface area (Å²) in [4.78, 5) is 38.4. The monoisotopic (exact) mass is 428 g/mol. The first kappa shape index (κ1) is 20.6. The second-order valence-electron chi connectivity index (χ2n) is 6.16. The number of thiocarbonyl (C=S) groups is 1. The summed E-state index contributed by atoms with van der Waals surface area (Å²) in [5, 5.41) is 21.2. The van der Waals surface area contributed by atoms with Crippen molar-refractivity contribution in [1.82, 2.24) is 4.90 Å². The van der Waals surface area contributed by atoms with Crippen LogP contribution in [0.25, 0.3) is 6.08 Å². The van der Waals surface area contributed by atoms with Gasteiger partial charge in [-0.2, -0.15) is 0 Å². The van der Waals surface area contributed by atoms with E-state index in [2.05, 4.69) is 5.32 Å². The molecule has 7 nitrogen and oxygen atoms in total. The van der Waals surface area contributed by atoms with E-state index in [0.29, 0.717) is 4.91 Å². The maximum absolute atomic E-state index is 12.8. The number of nitrogens with zero attached hydrogens (tertiary/aromatic N) is 1. The number of hydrogen-bond acceptors (Lipinski definition) is 6. The predicted octanol–water partition coefficient (Wildman–Crippen LogP) is 3.32. The van der Waals surface area contributed by atoms with E-state index in [1.807, 2.05) is 30.3 Å². The van der Waals surface area contributed by atoms with Crippen LogP contribution in [0.1, 0.15) is 22.8 Å². The van der Waals surface area contributed by atoms with E-state index < -0.39 is 23.8 Å². The van der Waals surface area contributed by atoms with E-state index in [1.165, 1.54) is 24.0 Å². The van der Waals surface area contributed by atoms with Gasteiger partial charge in [-0.3, -0.25) is 14.5 Å². The van der Waals surface area contributed by atoms with Crippen molar-refractivity contribution in [3.63, 3.8) is 0 Å². The molecule has 0 bridgehead atoms. The standard InChI is InChI=1S/C20H16N2O5S2/c1-11(17(24)21-15-8-7-13(23)10-14(15)19(26)27)22-18(25)16(29-20(22)28)9-12-5-3-2-4-6-12/h2-11,23H,1H3,(H,21,24)(H,26,27)/b16-9+. The highest BCUT2D eigenvalue weighted by molar-refractivity contribution is 8.26. The zero-order chi connectivity index (χ0) is 21.1. The van der Waals surface area contributed by atoms with Gasteiger partial charge in [0.25, 0.3) is 5.91 Å².